The molecule has 2 aromatic rings. The lowest BCUT2D eigenvalue weighted by atomic mass is 9.97. The highest BCUT2D eigenvalue weighted by Gasteiger charge is 2.22. The van der Waals surface area contributed by atoms with Crippen LogP contribution in [0.1, 0.15) is 25.5 Å². The first-order valence-electron chi connectivity index (χ1n) is 8.33. The van der Waals surface area contributed by atoms with Gasteiger partial charge in [-0.2, -0.15) is 4.98 Å². The molecule has 2 aromatic heterocycles. The number of piperidine rings is 1. The van der Waals surface area contributed by atoms with E-state index in [4.69, 9.17) is 4.74 Å². The second kappa shape index (κ2) is 7.57. The van der Waals surface area contributed by atoms with E-state index in [-0.39, 0.29) is 6.10 Å². The van der Waals surface area contributed by atoms with E-state index in [1.165, 1.54) is 0 Å². The maximum atomic E-state index is 9.41. The maximum absolute atomic E-state index is 9.41. The summed E-state index contributed by atoms with van der Waals surface area (Å²) in [5, 5.41) is 17.7. The van der Waals surface area contributed by atoms with Gasteiger partial charge in [-0.05, 0) is 25.7 Å². The molecule has 8 nitrogen and oxygen atoms in total. The van der Waals surface area contributed by atoms with E-state index in [1.807, 2.05) is 10.9 Å². The van der Waals surface area contributed by atoms with Crippen LogP contribution in [0.15, 0.2) is 18.5 Å². The average Bonchev–Trinajstić information content (AvgIpc) is 3.01. The van der Waals surface area contributed by atoms with Crippen LogP contribution < -0.4 is 9.64 Å². The quantitative estimate of drug-likeness (QED) is 0.841. The van der Waals surface area contributed by atoms with Gasteiger partial charge in [-0.25, -0.2) is 4.98 Å². The van der Waals surface area contributed by atoms with Gasteiger partial charge in [0.1, 0.15) is 0 Å². The van der Waals surface area contributed by atoms with Gasteiger partial charge in [-0.1, -0.05) is 5.21 Å². The highest BCUT2D eigenvalue weighted by molar-refractivity contribution is 5.32. The molecule has 1 atom stereocenters. The van der Waals surface area contributed by atoms with Gasteiger partial charge in [0, 0.05) is 44.5 Å². The molecule has 3 heterocycles. The highest BCUT2D eigenvalue weighted by atomic mass is 16.5. The van der Waals surface area contributed by atoms with E-state index in [9.17, 15) is 5.11 Å². The second-order valence-electron chi connectivity index (χ2n) is 6.31. The van der Waals surface area contributed by atoms with Crippen molar-refractivity contribution in [2.45, 2.75) is 38.8 Å². The van der Waals surface area contributed by atoms with Crippen LogP contribution in [0.3, 0.4) is 0 Å². The highest BCUT2D eigenvalue weighted by Crippen LogP contribution is 2.22. The standard InChI is InChI=1S/C16H24N6O2/c1-12(23)9-14-11-22(20-19-14)10-13-4-7-21(8-5-13)16-17-6-3-15(18-16)24-2/h3,6,11-13,23H,4-5,7-10H2,1-2H3/t12-/m1/s1. The molecule has 0 saturated carbocycles. The number of aromatic nitrogens is 5. The zero-order valence-electron chi connectivity index (χ0n) is 14.2. The third kappa shape index (κ3) is 4.19. The van der Waals surface area contributed by atoms with Crippen molar-refractivity contribution >= 4 is 5.95 Å². The van der Waals surface area contributed by atoms with Crippen LogP contribution in [-0.2, 0) is 13.0 Å². The van der Waals surface area contributed by atoms with E-state index >= 15 is 0 Å². The largest absolute Gasteiger partial charge is 0.481 e. The summed E-state index contributed by atoms with van der Waals surface area (Å²) in [6, 6.07) is 1.76. The maximum Gasteiger partial charge on any atom is 0.228 e. The Morgan fingerprint density at radius 1 is 1.38 bits per heavy atom. The van der Waals surface area contributed by atoms with Crippen LogP contribution in [0, 0.1) is 5.92 Å². The van der Waals surface area contributed by atoms with Crippen LogP contribution in [-0.4, -0.2) is 56.4 Å². The molecule has 0 unspecified atom stereocenters. The number of rotatable bonds is 6. The van der Waals surface area contributed by atoms with E-state index < -0.39 is 0 Å². The molecule has 24 heavy (non-hydrogen) atoms. The van der Waals surface area contributed by atoms with Crippen LogP contribution in [0.5, 0.6) is 5.88 Å². The van der Waals surface area contributed by atoms with Crippen LogP contribution in [0.4, 0.5) is 5.95 Å². The van der Waals surface area contributed by atoms with Gasteiger partial charge >= 0.3 is 0 Å². The molecule has 130 valence electrons. The zero-order valence-corrected chi connectivity index (χ0v) is 14.2. The van der Waals surface area contributed by atoms with Crippen molar-refractivity contribution in [1.29, 1.82) is 0 Å². The van der Waals surface area contributed by atoms with Crippen LogP contribution in [0.2, 0.25) is 0 Å². The Labute approximate surface area is 141 Å². The molecule has 8 heteroatoms. The molecule has 0 radical (unpaired) electrons. The number of hydrogen-bond donors (Lipinski definition) is 1. The first-order chi connectivity index (χ1) is 11.6. The lowest BCUT2D eigenvalue weighted by Gasteiger charge is -2.31. The van der Waals surface area contributed by atoms with Gasteiger partial charge in [0.25, 0.3) is 0 Å². The van der Waals surface area contributed by atoms with Gasteiger partial charge in [0.15, 0.2) is 0 Å². The SMILES string of the molecule is COc1ccnc(N2CCC(Cn3cc(C[C@@H](C)O)nn3)CC2)n1. The van der Waals surface area contributed by atoms with Gasteiger partial charge in [0.05, 0.1) is 18.9 Å². The van der Waals surface area contributed by atoms with Crippen LogP contribution >= 0.6 is 0 Å². The lowest BCUT2D eigenvalue weighted by molar-refractivity contribution is 0.194. The average molecular weight is 332 g/mol. The Hall–Kier alpha value is -2.22. The minimum atomic E-state index is -0.388. The Kier molecular flexibility index (Phi) is 5.24. The summed E-state index contributed by atoms with van der Waals surface area (Å²) in [5.41, 5.74) is 0.840. The number of methoxy groups -OCH3 is 1. The smallest absolute Gasteiger partial charge is 0.228 e. The number of aliphatic hydroxyl groups is 1. The predicted octanol–water partition coefficient (Wildman–Crippen LogP) is 0.917. The zero-order chi connectivity index (χ0) is 16.9. The molecule has 3 rings (SSSR count). The summed E-state index contributed by atoms with van der Waals surface area (Å²) in [6.45, 7) is 4.47. The van der Waals surface area contributed by atoms with Crippen molar-refractivity contribution in [3.63, 3.8) is 0 Å². The second-order valence-corrected chi connectivity index (χ2v) is 6.31. The summed E-state index contributed by atoms with van der Waals surface area (Å²) in [4.78, 5) is 10.9. The molecule has 1 N–H and O–H groups in total. The summed E-state index contributed by atoms with van der Waals surface area (Å²) in [7, 11) is 1.61. The summed E-state index contributed by atoms with van der Waals surface area (Å²) in [6.07, 6.45) is 5.95. The predicted molar refractivity (Wildman–Crippen MR) is 88.9 cm³/mol. The molecule has 0 spiro atoms. The fourth-order valence-electron chi connectivity index (χ4n) is 3.00. The van der Waals surface area contributed by atoms with Crippen LogP contribution in [0.25, 0.3) is 0 Å². The summed E-state index contributed by atoms with van der Waals surface area (Å²) >= 11 is 0. The Balaban J connectivity index is 1.52. The molecule has 0 amide bonds. The van der Waals surface area contributed by atoms with Crippen molar-refractivity contribution in [1.82, 2.24) is 25.0 Å². The number of ether oxygens (including phenoxy) is 1. The molecule has 0 bridgehead atoms. The van der Waals surface area contributed by atoms with Crippen molar-refractivity contribution < 1.29 is 9.84 Å². The first kappa shape index (κ1) is 16.6. The van der Waals surface area contributed by atoms with Crippen molar-refractivity contribution in [2.24, 2.45) is 5.92 Å². The third-order valence-corrected chi connectivity index (χ3v) is 4.26. The minimum Gasteiger partial charge on any atom is -0.481 e. The van der Waals surface area contributed by atoms with Gasteiger partial charge < -0.3 is 14.7 Å². The van der Waals surface area contributed by atoms with Crippen molar-refractivity contribution in [3.05, 3.63) is 24.2 Å². The number of hydrogen-bond acceptors (Lipinski definition) is 7. The molecule has 1 aliphatic heterocycles. The summed E-state index contributed by atoms with van der Waals surface area (Å²) < 4.78 is 7.05. The third-order valence-electron chi connectivity index (χ3n) is 4.26. The van der Waals surface area contributed by atoms with Gasteiger partial charge in [0.2, 0.25) is 11.8 Å². The van der Waals surface area contributed by atoms with E-state index in [0.717, 1.165) is 44.1 Å². The Morgan fingerprint density at radius 3 is 2.88 bits per heavy atom. The summed E-state index contributed by atoms with van der Waals surface area (Å²) in [5.74, 6) is 1.89. The van der Waals surface area contributed by atoms with Gasteiger partial charge in [-0.15, -0.1) is 5.10 Å². The van der Waals surface area contributed by atoms with Crippen molar-refractivity contribution in [3.8, 4) is 5.88 Å². The Morgan fingerprint density at radius 2 is 2.17 bits per heavy atom. The minimum absolute atomic E-state index is 0.388. The lowest BCUT2D eigenvalue weighted by Crippen LogP contribution is -2.36. The molecule has 0 aliphatic carbocycles. The first-order valence-corrected chi connectivity index (χ1v) is 8.33. The number of nitrogens with zero attached hydrogens (tertiary/aromatic N) is 6. The number of anilines is 1. The Bertz CT molecular complexity index is 652. The molecule has 1 saturated heterocycles. The molecular formula is C16H24N6O2. The fourth-order valence-corrected chi connectivity index (χ4v) is 3.00. The topological polar surface area (TPSA) is 89.2 Å². The molecule has 0 aromatic carbocycles. The molecule has 1 fully saturated rings. The van der Waals surface area contributed by atoms with E-state index in [1.54, 1.807) is 26.3 Å². The molecule has 1 aliphatic rings. The van der Waals surface area contributed by atoms with Gasteiger partial charge in [-0.3, -0.25) is 4.68 Å². The number of aliphatic hydroxyl groups excluding tert-OH is 1. The van der Waals surface area contributed by atoms with E-state index in [2.05, 4.69) is 25.2 Å². The normalized spacial score (nSPS) is 17.0. The van der Waals surface area contributed by atoms with Crippen molar-refractivity contribution in [2.75, 3.05) is 25.1 Å². The monoisotopic (exact) mass is 332 g/mol. The fraction of sp³-hybridized carbons (Fsp3) is 0.625. The molecular weight excluding hydrogens is 308 g/mol. The van der Waals surface area contributed by atoms with E-state index in [0.29, 0.717) is 18.2 Å².